The lowest BCUT2D eigenvalue weighted by Crippen LogP contribution is -2.35. The monoisotopic (exact) mass is 284 g/mol. The average Bonchev–Trinajstić information content (AvgIpc) is 2.48. The van der Waals surface area contributed by atoms with Gasteiger partial charge in [-0.05, 0) is 37.6 Å². The van der Waals surface area contributed by atoms with Crippen LogP contribution in [0.4, 0.5) is 11.4 Å². The summed E-state index contributed by atoms with van der Waals surface area (Å²) in [4.78, 5) is 12.6. The number of anilines is 2. The first kappa shape index (κ1) is 15.1. The number of hydrogen-bond donors (Lipinski definition) is 3. The van der Waals surface area contributed by atoms with Gasteiger partial charge in [-0.15, -0.1) is 0 Å². The van der Waals surface area contributed by atoms with Crippen molar-refractivity contribution in [3.63, 3.8) is 0 Å². The van der Waals surface area contributed by atoms with Crippen LogP contribution in [-0.2, 0) is 16.8 Å². The number of nitrogens with two attached hydrogens (primary N) is 1. The van der Waals surface area contributed by atoms with Gasteiger partial charge >= 0.3 is 0 Å². The highest BCUT2D eigenvalue weighted by Gasteiger charge is 2.30. The van der Waals surface area contributed by atoms with Gasteiger partial charge in [-0.1, -0.05) is 30.3 Å². The van der Waals surface area contributed by atoms with Crippen molar-refractivity contribution < 1.29 is 9.90 Å². The Hall–Kier alpha value is -2.33. The van der Waals surface area contributed by atoms with Gasteiger partial charge in [0.1, 0.15) is 0 Å². The topological polar surface area (TPSA) is 75.3 Å². The van der Waals surface area contributed by atoms with Crippen LogP contribution >= 0.6 is 0 Å². The Morgan fingerprint density at radius 2 is 1.76 bits per heavy atom. The molecule has 2 rings (SSSR count). The van der Waals surface area contributed by atoms with Gasteiger partial charge in [0, 0.05) is 16.9 Å². The van der Waals surface area contributed by atoms with E-state index in [9.17, 15) is 9.90 Å². The molecule has 0 unspecified atom stereocenters. The van der Waals surface area contributed by atoms with Crippen molar-refractivity contribution in [2.75, 3.05) is 11.1 Å². The Morgan fingerprint density at radius 1 is 1.14 bits per heavy atom. The molecule has 0 aliphatic rings. The number of aliphatic hydroxyl groups is 1. The largest absolute Gasteiger partial charge is 0.399 e. The third kappa shape index (κ3) is 3.23. The molecule has 0 aromatic heterocycles. The maximum atomic E-state index is 12.6. The Bertz CT molecular complexity index is 633. The highest BCUT2D eigenvalue weighted by atomic mass is 16.3. The number of benzene rings is 2. The molecule has 4 heteroatoms. The Labute approximate surface area is 124 Å². The summed E-state index contributed by atoms with van der Waals surface area (Å²) in [5.41, 5.74) is 7.86. The molecule has 0 saturated carbocycles. The smallest absolute Gasteiger partial charge is 0.234 e. The molecular formula is C17H20N2O2. The quantitative estimate of drug-likeness (QED) is 0.756. The summed E-state index contributed by atoms with van der Waals surface area (Å²) in [6.07, 6.45) is 0. The molecule has 110 valence electrons. The fourth-order valence-corrected chi connectivity index (χ4v) is 2.09. The van der Waals surface area contributed by atoms with E-state index in [-0.39, 0.29) is 12.5 Å². The molecule has 0 aliphatic carbocycles. The van der Waals surface area contributed by atoms with Gasteiger partial charge in [0.25, 0.3) is 0 Å². The number of para-hydroxylation sites is 1. The second-order valence-corrected chi connectivity index (χ2v) is 5.52. The van der Waals surface area contributed by atoms with E-state index in [1.165, 1.54) is 0 Å². The van der Waals surface area contributed by atoms with E-state index >= 15 is 0 Å². The second-order valence-electron chi connectivity index (χ2n) is 5.52. The summed E-state index contributed by atoms with van der Waals surface area (Å²) in [5.74, 6) is -0.131. The van der Waals surface area contributed by atoms with E-state index in [2.05, 4.69) is 5.32 Å². The first-order valence-electron chi connectivity index (χ1n) is 6.81. The van der Waals surface area contributed by atoms with Crippen molar-refractivity contribution >= 4 is 17.3 Å². The molecule has 0 spiro atoms. The van der Waals surface area contributed by atoms with Crippen molar-refractivity contribution in [1.29, 1.82) is 0 Å². The lowest BCUT2D eigenvalue weighted by molar-refractivity contribution is -0.120. The second kappa shape index (κ2) is 5.97. The van der Waals surface area contributed by atoms with Crippen LogP contribution in [0, 0.1) is 0 Å². The van der Waals surface area contributed by atoms with Crippen LogP contribution in [0.3, 0.4) is 0 Å². The van der Waals surface area contributed by atoms with E-state index < -0.39 is 5.41 Å². The van der Waals surface area contributed by atoms with Crippen LogP contribution in [0.1, 0.15) is 25.0 Å². The lowest BCUT2D eigenvalue weighted by Gasteiger charge is -2.25. The fraction of sp³-hybridized carbons (Fsp3) is 0.235. The number of carbonyl (C=O) groups excluding carboxylic acids is 1. The fourth-order valence-electron chi connectivity index (χ4n) is 2.09. The number of nitrogens with one attached hydrogen (secondary N) is 1. The maximum absolute atomic E-state index is 12.6. The number of rotatable bonds is 4. The van der Waals surface area contributed by atoms with Crippen LogP contribution in [0.2, 0.25) is 0 Å². The van der Waals surface area contributed by atoms with Crippen LogP contribution in [-0.4, -0.2) is 11.0 Å². The maximum Gasteiger partial charge on any atom is 0.234 e. The molecule has 0 aliphatic heterocycles. The molecule has 4 N–H and O–H groups in total. The van der Waals surface area contributed by atoms with Crippen molar-refractivity contribution in [3.8, 4) is 0 Å². The SMILES string of the molecule is CC(C)(C(=O)Nc1ccccc1CO)c1ccc(N)cc1. The number of carbonyl (C=O) groups is 1. The minimum Gasteiger partial charge on any atom is -0.399 e. The highest BCUT2D eigenvalue weighted by molar-refractivity contribution is 5.99. The lowest BCUT2D eigenvalue weighted by atomic mass is 9.83. The van der Waals surface area contributed by atoms with Gasteiger partial charge in [0.15, 0.2) is 0 Å². The van der Waals surface area contributed by atoms with Gasteiger partial charge in [-0.2, -0.15) is 0 Å². The first-order valence-corrected chi connectivity index (χ1v) is 6.81. The summed E-state index contributed by atoms with van der Waals surface area (Å²) in [6.45, 7) is 3.60. The molecule has 4 nitrogen and oxygen atoms in total. The van der Waals surface area contributed by atoms with E-state index in [1.807, 2.05) is 38.1 Å². The van der Waals surface area contributed by atoms with E-state index in [0.29, 0.717) is 16.9 Å². The summed E-state index contributed by atoms with van der Waals surface area (Å²) < 4.78 is 0. The summed E-state index contributed by atoms with van der Waals surface area (Å²) in [6, 6.07) is 14.5. The van der Waals surface area contributed by atoms with Crippen molar-refractivity contribution in [2.45, 2.75) is 25.9 Å². The minimum atomic E-state index is -0.698. The Balaban J connectivity index is 2.24. The van der Waals surface area contributed by atoms with Crippen molar-refractivity contribution in [3.05, 3.63) is 59.7 Å². The third-order valence-electron chi connectivity index (χ3n) is 3.64. The number of amides is 1. The minimum absolute atomic E-state index is 0.112. The molecule has 0 heterocycles. The molecule has 21 heavy (non-hydrogen) atoms. The number of aliphatic hydroxyl groups excluding tert-OH is 1. The van der Waals surface area contributed by atoms with Crippen LogP contribution < -0.4 is 11.1 Å². The standard InChI is InChI=1S/C17H20N2O2/c1-17(2,13-7-9-14(18)10-8-13)16(21)19-15-6-4-3-5-12(15)11-20/h3-10,20H,11,18H2,1-2H3,(H,19,21). The predicted octanol–water partition coefficient (Wildman–Crippen LogP) is 2.68. The molecule has 0 bridgehead atoms. The predicted molar refractivity (Wildman–Crippen MR) is 84.9 cm³/mol. The van der Waals surface area contributed by atoms with Crippen LogP contribution in [0.5, 0.6) is 0 Å². The van der Waals surface area contributed by atoms with E-state index in [4.69, 9.17) is 5.73 Å². The van der Waals surface area contributed by atoms with Crippen LogP contribution in [0.15, 0.2) is 48.5 Å². The summed E-state index contributed by atoms with van der Waals surface area (Å²) >= 11 is 0. The van der Waals surface area contributed by atoms with E-state index in [0.717, 1.165) is 5.56 Å². The number of hydrogen-bond acceptors (Lipinski definition) is 3. The summed E-state index contributed by atoms with van der Waals surface area (Å²) in [5, 5.41) is 12.2. The molecule has 2 aromatic carbocycles. The zero-order chi connectivity index (χ0) is 15.5. The Kier molecular flexibility index (Phi) is 4.29. The molecular weight excluding hydrogens is 264 g/mol. The van der Waals surface area contributed by atoms with Gasteiger partial charge in [-0.3, -0.25) is 4.79 Å². The van der Waals surface area contributed by atoms with E-state index in [1.54, 1.807) is 24.3 Å². The normalized spacial score (nSPS) is 11.2. The van der Waals surface area contributed by atoms with Gasteiger partial charge in [-0.25, -0.2) is 0 Å². The van der Waals surface area contributed by atoms with Crippen molar-refractivity contribution in [1.82, 2.24) is 0 Å². The highest BCUT2D eigenvalue weighted by Crippen LogP contribution is 2.26. The molecule has 0 saturated heterocycles. The molecule has 1 amide bonds. The molecule has 0 radical (unpaired) electrons. The Morgan fingerprint density at radius 3 is 2.38 bits per heavy atom. The number of nitrogen functional groups attached to an aromatic ring is 1. The van der Waals surface area contributed by atoms with Gasteiger partial charge in [0.2, 0.25) is 5.91 Å². The average molecular weight is 284 g/mol. The van der Waals surface area contributed by atoms with Gasteiger partial charge in [0.05, 0.1) is 12.0 Å². The molecule has 0 fully saturated rings. The van der Waals surface area contributed by atoms with Crippen molar-refractivity contribution in [2.24, 2.45) is 0 Å². The third-order valence-corrected chi connectivity index (χ3v) is 3.64. The zero-order valence-electron chi connectivity index (χ0n) is 12.3. The molecule has 0 atom stereocenters. The molecule has 2 aromatic rings. The summed E-state index contributed by atoms with van der Waals surface area (Å²) in [7, 11) is 0. The first-order chi connectivity index (χ1) is 9.95. The zero-order valence-corrected chi connectivity index (χ0v) is 12.3. The van der Waals surface area contributed by atoms with Crippen LogP contribution in [0.25, 0.3) is 0 Å². The van der Waals surface area contributed by atoms with Gasteiger partial charge < -0.3 is 16.2 Å².